The minimum Gasteiger partial charge on any atom is -0.478 e. The van der Waals surface area contributed by atoms with E-state index in [-0.39, 0.29) is 11.5 Å². The molecule has 1 saturated heterocycles. The molecule has 0 saturated carbocycles. The third-order valence-electron chi connectivity index (χ3n) is 6.37. The van der Waals surface area contributed by atoms with Crippen molar-refractivity contribution >= 4 is 34.0 Å². The zero-order chi connectivity index (χ0) is 25.1. The van der Waals surface area contributed by atoms with Gasteiger partial charge < -0.3 is 19.9 Å². The van der Waals surface area contributed by atoms with Gasteiger partial charge in [-0.2, -0.15) is 0 Å². The number of anilines is 2. The summed E-state index contributed by atoms with van der Waals surface area (Å²) < 4.78 is 1.96. The van der Waals surface area contributed by atoms with Crippen LogP contribution in [-0.2, 0) is 6.54 Å². The summed E-state index contributed by atoms with van der Waals surface area (Å²) in [5.41, 5.74) is 5.37. The number of carboxylic acid groups (broad SMARTS) is 1. The SMILES string of the molecule is Cc1cc(C(=O)Nc2ccc(-c3ccc(C(=O)O)cc3)cc2)n(Cc2csc(N3CCCCC3)n2)c1. The number of benzene rings is 2. The lowest BCUT2D eigenvalue weighted by Crippen LogP contribution is -2.29. The van der Waals surface area contributed by atoms with Crippen LogP contribution in [0.4, 0.5) is 10.8 Å². The van der Waals surface area contributed by atoms with Crippen LogP contribution in [0.15, 0.2) is 66.2 Å². The second kappa shape index (κ2) is 10.4. The summed E-state index contributed by atoms with van der Waals surface area (Å²) in [7, 11) is 0. The van der Waals surface area contributed by atoms with Crippen molar-refractivity contribution in [2.75, 3.05) is 23.3 Å². The van der Waals surface area contributed by atoms with Crippen LogP contribution < -0.4 is 10.2 Å². The number of aromatic carboxylic acids is 1. The molecular formula is C28H28N4O3S. The van der Waals surface area contributed by atoms with Gasteiger partial charge in [0, 0.05) is 30.4 Å². The smallest absolute Gasteiger partial charge is 0.335 e. The fraction of sp³-hybridized carbons (Fsp3) is 0.250. The summed E-state index contributed by atoms with van der Waals surface area (Å²) >= 11 is 1.67. The summed E-state index contributed by atoms with van der Waals surface area (Å²) in [6.45, 7) is 4.66. The summed E-state index contributed by atoms with van der Waals surface area (Å²) in [6.07, 6.45) is 5.71. The van der Waals surface area contributed by atoms with Crippen molar-refractivity contribution in [2.45, 2.75) is 32.7 Å². The molecule has 2 N–H and O–H groups in total. The van der Waals surface area contributed by atoms with E-state index in [9.17, 15) is 9.59 Å². The van der Waals surface area contributed by atoms with Crippen LogP contribution in [0, 0.1) is 6.92 Å². The Bertz CT molecular complexity index is 1370. The van der Waals surface area contributed by atoms with Crippen LogP contribution >= 0.6 is 11.3 Å². The first-order chi connectivity index (χ1) is 17.5. The number of thiazole rings is 1. The molecule has 4 aromatic rings. The van der Waals surface area contributed by atoms with Crippen molar-refractivity contribution in [2.24, 2.45) is 0 Å². The monoisotopic (exact) mass is 500 g/mol. The summed E-state index contributed by atoms with van der Waals surface area (Å²) in [5, 5.41) is 15.2. The second-order valence-electron chi connectivity index (χ2n) is 9.11. The summed E-state index contributed by atoms with van der Waals surface area (Å²) in [5.74, 6) is -1.12. The molecule has 0 aliphatic carbocycles. The highest BCUT2D eigenvalue weighted by Gasteiger charge is 2.17. The van der Waals surface area contributed by atoms with Crippen molar-refractivity contribution < 1.29 is 14.7 Å². The number of carboxylic acids is 1. The van der Waals surface area contributed by atoms with Crippen molar-refractivity contribution in [3.63, 3.8) is 0 Å². The molecule has 0 unspecified atom stereocenters. The number of aryl methyl sites for hydroxylation is 1. The fourth-order valence-electron chi connectivity index (χ4n) is 4.50. The molecule has 1 aliphatic rings. The Morgan fingerprint density at radius 2 is 1.67 bits per heavy atom. The van der Waals surface area contributed by atoms with Gasteiger partial charge in [-0.05, 0) is 73.2 Å². The van der Waals surface area contributed by atoms with Crippen molar-refractivity contribution in [3.05, 3.63) is 88.7 Å². The molecule has 1 fully saturated rings. The van der Waals surface area contributed by atoms with E-state index in [0.717, 1.165) is 40.6 Å². The Balaban J connectivity index is 1.26. The molecule has 0 bridgehead atoms. The molecule has 1 aliphatic heterocycles. The number of aromatic nitrogens is 2. The second-order valence-corrected chi connectivity index (χ2v) is 9.95. The minimum absolute atomic E-state index is 0.173. The molecule has 36 heavy (non-hydrogen) atoms. The Morgan fingerprint density at radius 1 is 1.00 bits per heavy atom. The Hall–Kier alpha value is -3.91. The van der Waals surface area contributed by atoms with Gasteiger partial charge in [-0.15, -0.1) is 11.3 Å². The molecule has 8 heteroatoms. The van der Waals surface area contributed by atoms with E-state index in [1.807, 2.05) is 48.0 Å². The molecule has 1 amide bonds. The maximum Gasteiger partial charge on any atom is 0.335 e. The van der Waals surface area contributed by atoms with E-state index < -0.39 is 5.97 Å². The van der Waals surface area contributed by atoms with Crippen molar-refractivity contribution in [1.82, 2.24) is 9.55 Å². The van der Waals surface area contributed by atoms with E-state index in [4.69, 9.17) is 10.1 Å². The van der Waals surface area contributed by atoms with Crippen LogP contribution in [0.2, 0.25) is 0 Å². The average molecular weight is 501 g/mol. The highest BCUT2D eigenvalue weighted by Crippen LogP contribution is 2.26. The topological polar surface area (TPSA) is 87.5 Å². The number of piperidine rings is 1. The number of nitrogens with zero attached hydrogens (tertiary/aromatic N) is 3. The minimum atomic E-state index is -0.947. The first-order valence-corrected chi connectivity index (χ1v) is 13.0. The number of hydrogen-bond donors (Lipinski definition) is 2. The predicted molar refractivity (Wildman–Crippen MR) is 143 cm³/mol. The third-order valence-corrected chi connectivity index (χ3v) is 7.32. The van der Waals surface area contributed by atoms with Crippen molar-refractivity contribution in [3.8, 4) is 11.1 Å². The van der Waals surface area contributed by atoms with Crippen LogP contribution in [0.3, 0.4) is 0 Å². The van der Waals surface area contributed by atoms with Gasteiger partial charge in [0.05, 0.1) is 17.8 Å². The lowest BCUT2D eigenvalue weighted by atomic mass is 10.0. The maximum atomic E-state index is 13.1. The zero-order valence-corrected chi connectivity index (χ0v) is 20.9. The largest absolute Gasteiger partial charge is 0.478 e. The number of carbonyl (C=O) groups is 2. The molecule has 0 spiro atoms. The van der Waals surface area contributed by atoms with Gasteiger partial charge in [0.25, 0.3) is 5.91 Å². The molecule has 2 aromatic carbocycles. The van der Waals surface area contributed by atoms with E-state index in [0.29, 0.717) is 17.9 Å². The molecular weight excluding hydrogens is 472 g/mol. The predicted octanol–water partition coefficient (Wildman–Crippen LogP) is 5.91. The Kier molecular flexibility index (Phi) is 6.86. The first kappa shape index (κ1) is 23.8. The van der Waals surface area contributed by atoms with Crippen LogP contribution in [0.1, 0.15) is 51.4 Å². The summed E-state index contributed by atoms with van der Waals surface area (Å²) in [4.78, 5) is 31.4. The lowest BCUT2D eigenvalue weighted by Gasteiger charge is -2.25. The molecule has 7 nitrogen and oxygen atoms in total. The molecule has 3 heterocycles. The van der Waals surface area contributed by atoms with E-state index in [2.05, 4.69) is 15.6 Å². The van der Waals surface area contributed by atoms with Gasteiger partial charge in [-0.1, -0.05) is 24.3 Å². The van der Waals surface area contributed by atoms with Crippen LogP contribution in [0.25, 0.3) is 11.1 Å². The number of amides is 1. The van der Waals surface area contributed by atoms with Gasteiger partial charge in [0.15, 0.2) is 5.13 Å². The first-order valence-electron chi connectivity index (χ1n) is 12.1. The average Bonchev–Trinajstić information content (AvgIpc) is 3.51. The van der Waals surface area contributed by atoms with Crippen LogP contribution in [0.5, 0.6) is 0 Å². The zero-order valence-electron chi connectivity index (χ0n) is 20.1. The highest BCUT2D eigenvalue weighted by molar-refractivity contribution is 7.13. The quantitative estimate of drug-likeness (QED) is 0.329. The van der Waals surface area contributed by atoms with E-state index in [1.165, 1.54) is 19.3 Å². The molecule has 0 radical (unpaired) electrons. The van der Waals surface area contributed by atoms with Gasteiger partial charge in [0.2, 0.25) is 0 Å². The highest BCUT2D eigenvalue weighted by atomic mass is 32.1. The lowest BCUT2D eigenvalue weighted by molar-refractivity contribution is 0.0696. The Morgan fingerprint density at radius 3 is 2.33 bits per heavy atom. The number of carbonyl (C=O) groups excluding carboxylic acids is 1. The van der Waals surface area contributed by atoms with Gasteiger partial charge >= 0.3 is 5.97 Å². The van der Waals surface area contributed by atoms with Crippen molar-refractivity contribution in [1.29, 1.82) is 0 Å². The molecule has 5 rings (SSSR count). The third kappa shape index (κ3) is 5.33. The van der Waals surface area contributed by atoms with E-state index >= 15 is 0 Å². The van der Waals surface area contributed by atoms with Gasteiger partial charge in [-0.3, -0.25) is 4.79 Å². The maximum absolute atomic E-state index is 13.1. The van der Waals surface area contributed by atoms with E-state index in [1.54, 1.807) is 35.6 Å². The summed E-state index contributed by atoms with van der Waals surface area (Å²) in [6, 6.07) is 16.1. The molecule has 0 atom stereocenters. The molecule has 2 aromatic heterocycles. The Labute approximate surface area is 214 Å². The molecule has 184 valence electrons. The standard InChI is InChI=1S/C28H28N4O3S/c1-19-15-25(32(16-19)17-24-18-36-28(30-24)31-13-3-2-4-14-31)26(33)29-23-11-9-21(10-12-23)20-5-7-22(8-6-20)27(34)35/h5-12,15-16,18H,2-4,13-14,17H2,1H3,(H,29,33)(H,34,35). The normalized spacial score (nSPS) is 13.5. The van der Waals surface area contributed by atoms with Gasteiger partial charge in [0.1, 0.15) is 5.69 Å². The fourth-order valence-corrected chi connectivity index (χ4v) is 5.37. The van der Waals surface area contributed by atoms with Gasteiger partial charge in [-0.25, -0.2) is 9.78 Å². The number of nitrogens with one attached hydrogen (secondary N) is 1. The number of rotatable bonds is 7. The van der Waals surface area contributed by atoms with Crippen LogP contribution in [-0.4, -0.2) is 39.6 Å². The number of hydrogen-bond acceptors (Lipinski definition) is 5.